The largest absolute Gasteiger partial charge is 0.496 e. The molecule has 0 amide bonds. The molecule has 1 saturated carbocycles. The number of alkyl halides is 3. The average molecular weight is 564 g/mol. The number of anilines is 2. The van der Waals surface area contributed by atoms with Crippen LogP contribution in [0, 0.1) is 0 Å². The normalized spacial score (nSPS) is 20.6. The zero-order valence-electron chi connectivity index (χ0n) is 23.3. The molecule has 39 heavy (non-hydrogen) atoms. The van der Waals surface area contributed by atoms with E-state index in [-0.39, 0.29) is 23.3 Å². The highest BCUT2D eigenvalue weighted by atomic mass is 32.1. The van der Waals surface area contributed by atoms with E-state index in [0.717, 1.165) is 62.9 Å². The number of halogens is 3. The van der Waals surface area contributed by atoms with Crippen molar-refractivity contribution in [1.82, 2.24) is 4.90 Å². The maximum Gasteiger partial charge on any atom is 0.420 e. The molecule has 1 heterocycles. The molecule has 2 aromatic carbocycles. The van der Waals surface area contributed by atoms with E-state index in [9.17, 15) is 13.2 Å². The predicted octanol–water partition coefficient (Wildman–Crippen LogP) is 6.90. The molecule has 9 heteroatoms. The van der Waals surface area contributed by atoms with Crippen molar-refractivity contribution in [2.45, 2.75) is 70.2 Å². The minimum atomic E-state index is -4.46. The summed E-state index contributed by atoms with van der Waals surface area (Å²) in [6.07, 6.45) is -0.987. The number of benzene rings is 2. The van der Waals surface area contributed by atoms with Gasteiger partial charge in [0.05, 0.1) is 25.4 Å². The van der Waals surface area contributed by atoms with Crippen LogP contribution in [-0.4, -0.2) is 61.9 Å². The number of methoxy groups -OCH3 is 1. The van der Waals surface area contributed by atoms with Crippen molar-refractivity contribution in [3.8, 4) is 5.75 Å². The van der Waals surface area contributed by atoms with E-state index >= 15 is 0 Å². The number of ether oxygens (including phenoxy) is 2. The lowest BCUT2D eigenvalue weighted by atomic mass is 9.87. The van der Waals surface area contributed by atoms with Gasteiger partial charge in [-0.05, 0) is 67.0 Å². The molecule has 1 N–H and O–H groups in total. The molecule has 2 aliphatic rings. The van der Waals surface area contributed by atoms with Crippen LogP contribution < -0.4 is 15.0 Å². The summed E-state index contributed by atoms with van der Waals surface area (Å²) in [5, 5.41) is 3.26. The van der Waals surface area contributed by atoms with E-state index in [4.69, 9.17) is 21.7 Å². The number of thiocarbonyl (C=S) groups is 1. The first-order valence-corrected chi connectivity index (χ1v) is 14.1. The summed E-state index contributed by atoms with van der Waals surface area (Å²) >= 11 is 5.70. The van der Waals surface area contributed by atoms with Gasteiger partial charge < -0.3 is 24.6 Å². The van der Waals surface area contributed by atoms with Gasteiger partial charge in [-0.3, -0.25) is 0 Å². The first-order valence-electron chi connectivity index (χ1n) is 13.7. The lowest BCUT2D eigenvalue weighted by Crippen LogP contribution is -2.49. The van der Waals surface area contributed by atoms with Crippen LogP contribution in [0.4, 0.5) is 24.5 Å². The molecule has 0 unspecified atom stereocenters. The van der Waals surface area contributed by atoms with Crippen molar-refractivity contribution in [1.29, 1.82) is 0 Å². The van der Waals surface area contributed by atoms with Crippen molar-refractivity contribution >= 4 is 28.6 Å². The topological polar surface area (TPSA) is 37.0 Å². The lowest BCUT2D eigenvalue weighted by molar-refractivity contribution is -0.138. The summed E-state index contributed by atoms with van der Waals surface area (Å²) in [5.74, 6) is -0.169. The third kappa shape index (κ3) is 7.78. The van der Waals surface area contributed by atoms with Crippen molar-refractivity contribution in [3.05, 3.63) is 53.6 Å². The van der Waals surface area contributed by atoms with Crippen LogP contribution in [0.2, 0.25) is 0 Å². The zero-order chi connectivity index (χ0) is 28.2. The van der Waals surface area contributed by atoms with Gasteiger partial charge in [0.25, 0.3) is 0 Å². The summed E-state index contributed by atoms with van der Waals surface area (Å²) in [5.41, 5.74) is 2.43. The van der Waals surface area contributed by atoms with Crippen LogP contribution in [0.25, 0.3) is 0 Å². The van der Waals surface area contributed by atoms with E-state index in [0.29, 0.717) is 12.3 Å². The van der Waals surface area contributed by atoms with Crippen LogP contribution in [0.1, 0.15) is 57.6 Å². The number of rotatable bonds is 7. The molecule has 1 aliphatic carbocycles. The van der Waals surface area contributed by atoms with E-state index in [1.54, 1.807) is 6.07 Å². The van der Waals surface area contributed by atoms with Gasteiger partial charge in [0.15, 0.2) is 0 Å². The molecule has 0 radical (unpaired) electrons. The molecule has 2 aromatic rings. The standard InChI is InChI=1S/C30H40F3N3O2S/c1-29(2,3)21-5-10-24(11-6-21)35-15-17-36(18-16-35)28(39)20-38-25-12-7-22(8-13-25)34-23-9-14-27(37-4)26(19-23)30(31,32)33/h5-6,9-11,14,19,22,25,34H,7-8,12-13,15-18,20H2,1-4H3. The molecule has 0 bridgehead atoms. The predicted molar refractivity (Wildman–Crippen MR) is 155 cm³/mol. The zero-order valence-corrected chi connectivity index (χ0v) is 24.1. The second kappa shape index (κ2) is 12.3. The molecule has 1 aliphatic heterocycles. The molecule has 4 rings (SSSR count). The summed E-state index contributed by atoms with van der Waals surface area (Å²) < 4.78 is 51.0. The molecular weight excluding hydrogens is 523 g/mol. The third-order valence-corrected chi connectivity index (χ3v) is 8.10. The van der Waals surface area contributed by atoms with Crippen molar-refractivity contribution < 1.29 is 22.6 Å². The quantitative estimate of drug-likeness (QED) is 0.370. The first-order chi connectivity index (χ1) is 18.4. The summed E-state index contributed by atoms with van der Waals surface area (Å²) in [6, 6.07) is 13.1. The average Bonchev–Trinajstić information content (AvgIpc) is 2.91. The number of nitrogens with zero attached hydrogens (tertiary/aromatic N) is 2. The monoisotopic (exact) mass is 563 g/mol. The Hall–Kier alpha value is -2.52. The molecule has 0 spiro atoms. The van der Waals surface area contributed by atoms with Crippen LogP contribution >= 0.6 is 12.2 Å². The molecule has 214 valence electrons. The molecule has 2 fully saturated rings. The molecule has 0 atom stereocenters. The maximum atomic E-state index is 13.3. The van der Waals surface area contributed by atoms with E-state index in [2.05, 4.69) is 60.2 Å². The second-order valence-electron chi connectivity index (χ2n) is 11.5. The van der Waals surface area contributed by atoms with Crippen LogP contribution in [-0.2, 0) is 16.3 Å². The van der Waals surface area contributed by atoms with Crippen LogP contribution in [0.15, 0.2) is 42.5 Å². The fraction of sp³-hybridized carbons (Fsp3) is 0.567. The SMILES string of the molecule is COc1ccc(NC2CCC(OCC(=S)N3CCN(c4ccc(C(C)(C)C)cc4)CC3)CC2)cc1C(F)(F)F. The first kappa shape index (κ1) is 29.5. The highest BCUT2D eigenvalue weighted by Crippen LogP contribution is 2.38. The van der Waals surface area contributed by atoms with Gasteiger partial charge in [-0.15, -0.1) is 0 Å². The number of piperazine rings is 1. The van der Waals surface area contributed by atoms with Gasteiger partial charge in [-0.1, -0.05) is 45.1 Å². The van der Waals surface area contributed by atoms with Gasteiger partial charge in [0.1, 0.15) is 10.7 Å². The highest BCUT2D eigenvalue weighted by molar-refractivity contribution is 7.80. The Bertz CT molecular complexity index is 1100. The van der Waals surface area contributed by atoms with Gasteiger partial charge >= 0.3 is 6.18 Å². The van der Waals surface area contributed by atoms with Crippen molar-refractivity contribution in [2.24, 2.45) is 0 Å². The van der Waals surface area contributed by atoms with Crippen molar-refractivity contribution in [3.63, 3.8) is 0 Å². The Morgan fingerprint density at radius 1 is 0.949 bits per heavy atom. The van der Waals surface area contributed by atoms with Crippen LogP contribution in [0.5, 0.6) is 5.75 Å². The Balaban J connectivity index is 1.18. The minimum Gasteiger partial charge on any atom is -0.496 e. The molecule has 5 nitrogen and oxygen atoms in total. The third-order valence-electron chi connectivity index (χ3n) is 7.72. The van der Waals surface area contributed by atoms with Crippen LogP contribution in [0.3, 0.4) is 0 Å². The molecule has 1 saturated heterocycles. The van der Waals surface area contributed by atoms with Crippen molar-refractivity contribution in [2.75, 3.05) is 50.1 Å². The Labute approximate surface area is 235 Å². The van der Waals surface area contributed by atoms with Gasteiger partial charge in [-0.2, -0.15) is 13.2 Å². The Morgan fingerprint density at radius 3 is 2.15 bits per heavy atom. The summed E-state index contributed by atoms with van der Waals surface area (Å²) in [4.78, 5) is 5.49. The Kier molecular flexibility index (Phi) is 9.32. The fourth-order valence-electron chi connectivity index (χ4n) is 5.30. The smallest absolute Gasteiger partial charge is 0.420 e. The second-order valence-corrected chi connectivity index (χ2v) is 12.0. The lowest BCUT2D eigenvalue weighted by Gasteiger charge is -2.38. The van der Waals surface area contributed by atoms with Gasteiger partial charge in [0, 0.05) is 43.6 Å². The summed E-state index contributed by atoms with van der Waals surface area (Å²) in [7, 11) is 1.25. The number of nitrogens with one attached hydrogen (secondary N) is 1. The minimum absolute atomic E-state index is 0.108. The van der Waals surface area contributed by atoms with Gasteiger partial charge in [0.2, 0.25) is 0 Å². The highest BCUT2D eigenvalue weighted by Gasteiger charge is 2.35. The number of hydrogen-bond acceptors (Lipinski definition) is 5. The number of hydrogen-bond donors (Lipinski definition) is 1. The fourth-order valence-corrected chi connectivity index (χ4v) is 5.55. The Morgan fingerprint density at radius 2 is 1.59 bits per heavy atom. The van der Waals surface area contributed by atoms with E-state index < -0.39 is 11.7 Å². The molecular formula is C30H40F3N3O2S. The van der Waals surface area contributed by atoms with E-state index in [1.807, 2.05) is 0 Å². The molecule has 0 aromatic heterocycles. The van der Waals surface area contributed by atoms with Gasteiger partial charge in [-0.25, -0.2) is 0 Å². The summed E-state index contributed by atoms with van der Waals surface area (Å²) in [6.45, 7) is 10.7. The maximum absolute atomic E-state index is 13.3. The van der Waals surface area contributed by atoms with E-state index in [1.165, 1.54) is 24.4 Å².